The van der Waals surface area contributed by atoms with Crippen LogP contribution in [0.5, 0.6) is 0 Å². The second kappa shape index (κ2) is 7.87. The van der Waals surface area contributed by atoms with Gasteiger partial charge >= 0.3 is 0 Å². The zero-order valence-corrected chi connectivity index (χ0v) is 16.1. The van der Waals surface area contributed by atoms with Crippen LogP contribution in [0.3, 0.4) is 0 Å². The van der Waals surface area contributed by atoms with E-state index < -0.39 is 0 Å². The molecule has 7 heteroatoms. The highest BCUT2D eigenvalue weighted by molar-refractivity contribution is 5.86. The zero-order valence-electron chi connectivity index (χ0n) is 16.1. The Morgan fingerprint density at radius 2 is 1.90 bits per heavy atom. The average Bonchev–Trinajstić information content (AvgIpc) is 3.25. The molecule has 5 aromatic rings. The Labute approximate surface area is 172 Å². The molecule has 2 aromatic carbocycles. The van der Waals surface area contributed by atoms with Gasteiger partial charge in [-0.2, -0.15) is 0 Å². The molecule has 2 N–H and O–H groups in total. The molecular weight excluding hydrogens is 379 g/mol. The molecule has 6 nitrogen and oxygen atoms in total. The van der Waals surface area contributed by atoms with Crippen molar-refractivity contribution in [2.45, 2.75) is 12.8 Å². The molecule has 5 rings (SSSR count). The number of halogens is 1. The van der Waals surface area contributed by atoms with Crippen LogP contribution in [-0.2, 0) is 12.8 Å². The van der Waals surface area contributed by atoms with Gasteiger partial charge in [0.15, 0.2) is 11.5 Å². The summed E-state index contributed by atoms with van der Waals surface area (Å²) in [6.07, 6.45) is 6.33. The van der Waals surface area contributed by atoms with E-state index in [1.54, 1.807) is 18.5 Å². The topological polar surface area (TPSA) is 79.4 Å². The highest BCUT2D eigenvalue weighted by Crippen LogP contribution is 2.24. The minimum absolute atomic E-state index is 0.226. The predicted octanol–water partition coefficient (Wildman–Crippen LogP) is 4.29. The number of imidazole rings is 1. The standard InChI is InChI=1S/C23H19FN6/c24-17-6-3-4-15(10-17)11-19-18-7-2-1-5-16(18)12-26-20(19)8-9-25-22-21-23(28-13-27-21)30-14-29-22/h1-7,10,12-14H,8-9,11H2,(H2,25,27,28,29,30). The maximum atomic E-state index is 13.7. The Morgan fingerprint density at radius 1 is 0.967 bits per heavy atom. The van der Waals surface area contributed by atoms with Crippen molar-refractivity contribution >= 4 is 27.8 Å². The largest absolute Gasteiger partial charge is 0.368 e. The maximum absolute atomic E-state index is 13.7. The Kier molecular flexibility index (Phi) is 4.77. The van der Waals surface area contributed by atoms with Gasteiger partial charge in [0.05, 0.1) is 6.33 Å². The second-order valence-corrected chi connectivity index (χ2v) is 7.08. The van der Waals surface area contributed by atoms with Gasteiger partial charge in [0, 0.05) is 30.2 Å². The van der Waals surface area contributed by atoms with Crippen molar-refractivity contribution in [3.63, 3.8) is 0 Å². The van der Waals surface area contributed by atoms with E-state index in [1.807, 2.05) is 24.4 Å². The zero-order chi connectivity index (χ0) is 20.3. The van der Waals surface area contributed by atoms with E-state index in [2.05, 4.69) is 37.4 Å². The lowest BCUT2D eigenvalue weighted by atomic mass is 9.96. The summed E-state index contributed by atoms with van der Waals surface area (Å²) >= 11 is 0. The first-order chi connectivity index (χ1) is 14.8. The molecule has 0 amide bonds. The first kappa shape index (κ1) is 18.2. The molecule has 3 heterocycles. The third-order valence-corrected chi connectivity index (χ3v) is 5.14. The molecular formula is C23H19FN6. The lowest BCUT2D eigenvalue weighted by molar-refractivity contribution is 0.626. The van der Waals surface area contributed by atoms with Crippen LogP contribution in [0.15, 0.2) is 67.4 Å². The Balaban J connectivity index is 1.44. The first-order valence-corrected chi connectivity index (χ1v) is 9.76. The highest BCUT2D eigenvalue weighted by Gasteiger charge is 2.12. The third-order valence-electron chi connectivity index (χ3n) is 5.14. The fourth-order valence-electron chi connectivity index (χ4n) is 3.72. The van der Waals surface area contributed by atoms with E-state index in [0.717, 1.165) is 27.6 Å². The average molecular weight is 398 g/mol. The highest BCUT2D eigenvalue weighted by atomic mass is 19.1. The van der Waals surface area contributed by atoms with Gasteiger partial charge in [-0.25, -0.2) is 19.3 Å². The molecule has 148 valence electrons. The van der Waals surface area contributed by atoms with Gasteiger partial charge in [0.25, 0.3) is 0 Å². The molecule has 30 heavy (non-hydrogen) atoms. The molecule has 0 spiro atoms. The van der Waals surface area contributed by atoms with Crippen molar-refractivity contribution in [3.05, 3.63) is 90.0 Å². The summed E-state index contributed by atoms with van der Waals surface area (Å²) in [6.45, 7) is 0.639. The van der Waals surface area contributed by atoms with Crippen molar-refractivity contribution in [3.8, 4) is 0 Å². The van der Waals surface area contributed by atoms with Crippen molar-refractivity contribution in [2.75, 3.05) is 11.9 Å². The van der Waals surface area contributed by atoms with Gasteiger partial charge in [0.1, 0.15) is 17.7 Å². The molecule has 0 saturated carbocycles. The van der Waals surface area contributed by atoms with Crippen LogP contribution in [0.1, 0.15) is 16.8 Å². The van der Waals surface area contributed by atoms with Crippen LogP contribution >= 0.6 is 0 Å². The van der Waals surface area contributed by atoms with Crippen molar-refractivity contribution in [1.29, 1.82) is 0 Å². The van der Waals surface area contributed by atoms with E-state index >= 15 is 0 Å². The van der Waals surface area contributed by atoms with Crippen molar-refractivity contribution < 1.29 is 4.39 Å². The quantitative estimate of drug-likeness (QED) is 0.446. The summed E-state index contributed by atoms with van der Waals surface area (Å²) in [5.41, 5.74) is 4.44. The number of hydrogen-bond donors (Lipinski definition) is 2. The van der Waals surface area contributed by atoms with Crippen LogP contribution in [0.2, 0.25) is 0 Å². The van der Waals surface area contributed by atoms with E-state index in [0.29, 0.717) is 36.4 Å². The van der Waals surface area contributed by atoms with Crippen LogP contribution in [0.4, 0.5) is 10.2 Å². The molecule has 0 bridgehead atoms. The number of aromatic nitrogens is 5. The number of rotatable bonds is 6. The Hall–Kier alpha value is -3.87. The smallest absolute Gasteiger partial charge is 0.162 e. The molecule has 0 aliphatic rings. The Bertz CT molecular complexity index is 1330. The van der Waals surface area contributed by atoms with Gasteiger partial charge in [0.2, 0.25) is 0 Å². The number of anilines is 1. The minimum Gasteiger partial charge on any atom is -0.368 e. The second-order valence-electron chi connectivity index (χ2n) is 7.08. The molecule has 0 unspecified atom stereocenters. The molecule has 3 aromatic heterocycles. The van der Waals surface area contributed by atoms with Crippen molar-refractivity contribution in [1.82, 2.24) is 24.9 Å². The molecule has 0 saturated heterocycles. The summed E-state index contributed by atoms with van der Waals surface area (Å²) in [5.74, 6) is 0.462. The lowest BCUT2D eigenvalue weighted by Gasteiger charge is -2.13. The van der Waals surface area contributed by atoms with E-state index in [9.17, 15) is 4.39 Å². The molecule has 0 aliphatic carbocycles. The van der Waals surface area contributed by atoms with E-state index in [4.69, 9.17) is 4.98 Å². The first-order valence-electron chi connectivity index (χ1n) is 9.76. The Morgan fingerprint density at radius 3 is 2.83 bits per heavy atom. The molecule has 0 radical (unpaired) electrons. The number of pyridine rings is 1. The lowest BCUT2D eigenvalue weighted by Crippen LogP contribution is -2.10. The summed E-state index contributed by atoms with van der Waals surface area (Å²) < 4.78 is 13.7. The van der Waals surface area contributed by atoms with Crippen LogP contribution < -0.4 is 5.32 Å². The van der Waals surface area contributed by atoms with E-state index in [1.165, 1.54) is 12.4 Å². The minimum atomic E-state index is -0.226. The summed E-state index contributed by atoms with van der Waals surface area (Å²) in [4.78, 5) is 20.4. The maximum Gasteiger partial charge on any atom is 0.162 e. The number of aromatic amines is 1. The fraction of sp³-hybridized carbons (Fsp3) is 0.130. The van der Waals surface area contributed by atoms with Gasteiger partial charge in [-0.1, -0.05) is 36.4 Å². The predicted molar refractivity (Wildman–Crippen MR) is 115 cm³/mol. The van der Waals surface area contributed by atoms with Gasteiger partial charge in [-0.3, -0.25) is 4.98 Å². The number of nitrogens with zero attached hydrogens (tertiary/aromatic N) is 4. The number of hydrogen-bond acceptors (Lipinski definition) is 5. The molecule has 0 aliphatic heterocycles. The summed E-state index contributed by atoms with van der Waals surface area (Å²) in [7, 11) is 0. The van der Waals surface area contributed by atoms with E-state index in [-0.39, 0.29) is 5.82 Å². The third kappa shape index (κ3) is 3.57. The monoisotopic (exact) mass is 398 g/mol. The number of fused-ring (bicyclic) bond motifs is 2. The van der Waals surface area contributed by atoms with Gasteiger partial charge < -0.3 is 10.3 Å². The number of H-pyrrole nitrogens is 1. The van der Waals surface area contributed by atoms with Crippen LogP contribution in [-0.4, -0.2) is 31.5 Å². The summed E-state index contributed by atoms with van der Waals surface area (Å²) in [5, 5.41) is 5.56. The van der Waals surface area contributed by atoms with Gasteiger partial charge in [-0.15, -0.1) is 0 Å². The molecule has 0 atom stereocenters. The van der Waals surface area contributed by atoms with Crippen LogP contribution in [0.25, 0.3) is 21.9 Å². The molecule has 0 fully saturated rings. The fourth-order valence-corrected chi connectivity index (χ4v) is 3.72. The van der Waals surface area contributed by atoms with Crippen LogP contribution in [0, 0.1) is 5.82 Å². The van der Waals surface area contributed by atoms with Crippen molar-refractivity contribution in [2.24, 2.45) is 0 Å². The summed E-state index contributed by atoms with van der Waals surface area (Å²) in [6, 6.07) is 14.9. The number of nitrogens with one attached hydrogen (secondary N) is 2. The van der Waals surface area contributed by atoms with Gasteiger partial charge in [-0.05, 0) is 35.1 Å². The number of benzene rings is 2. The normalized spacial score (nSPS) is 11.2. The SMILES string of the molecule is Fc1cccc(Cc2c(CCNc3ncnc4[nH]cnc34)ncc3ccccc23)c1.